The number of nitrogens with zero attached hydrogens (tertiary/aromatic N) is 1. The Labute approximate surface area is 107 Å². The maximum atomic E-state index is 7.12. The van der Waals surface area contributed by atoms with Crippen molar-refractivity contribution in [3.63, 3.8) is 0 Å². The Hall–Kier alpha value is -0.610. The zero-order valence-electron chi connectivity index (χ0n) is 12.2. The van der Waals surface area contributed by atoms with Gasteiger partial charge in [0.1, 0.15) is 0 Å². The molecule has 0 atom stereocenters. The fourth-order valence-corrected chi connectivity index (χ4v) is 1.06. The standard InChI is InChI=1S/C9H20N2.C4H10O2/c1-3-5-7-11(9-10)8-6-4-2;1-4(5-2)6-3/h9-10H,3-8H2,1-2H3;4H,1-3H3. The molecular formula is C13H30N2O2. The highest BCUT2D eigenvalue weighted by molar-refractivity contribution is 5.50. The maximum Gasteiger partial charge on any atom is 0.154 e. The van der Waals surface area contributed by atoms with Gasteiger partial charge in [-0.3, -0.25) is 5.41 Å². The molecule has 0 saturated heterocycles. The third kappa shape index (κ3) is 15.4. The molecule has 104 valence electrons. The van der Waals surface area contributed by atoms with Crippen molar-refractivity contribution in [1.29, 1.82) is 5.41 Å². The zero-order valence-corrected chi connectivity index (χ0v) is 12.2. The second-order valence-electron chi connectivity index (χ2n) is 3.91. The summed E-state index contributed by atoms with van der Waals surface area (Å²) in [5.74, 6) is 0. The number of ether oxygens (including phenoxy) is 2. The van der Waals surface area contributed by atoms with E-state index in [1.165, 1.54) is 32.0 Å². The minimum absolute atomic E-state index is 0.0648. The third-order valence-corrected chi connectivity index (χ3v) is 2.44. The van der Waals surface area contributed by atoms with E-state index in [9.17, 15) is 0 Å². The Morgan fingerprint density at radius 1 is 1.06 bits per heavy atom. The monoisotopic (exact) mass is 246 g/mol. The molecule has 0 aromatic carbocycles. The summed E-state index contributed by atoms with van der Waals surface area (Å²) in [6.45, 7) is 8.31. The van der Waals surface area contributed by atoms with Crippen LogP contribution in [0.4, 0.5) is 0 Å². The van der Waals surface area contributed by atoms with Crippen molar-refractivity contribution in [3.8, 4) is 0 Å². The van der Waals surface area contributed by atoms with Crippen molar-refractivity contribution in [1.82, 2.24) is 4.90 Å². The van der Waals surface area contributed by atoms with Crippen molar-refractivity contribution in [2.24, 2.45) is 0 Å². The van der Waals surface area contributed by atoms with Crippen LogP contribution >= 0.6 is 0 Å². The normalized spacial score (nSPS) is 9.76. The highest BCUT2D eigenvalue weighted by atomic mass is 16.7. The molecule has 0 aromatic rings. The molecule has 0 aliphatic carbocycles. The van der Waals surface area contributed by atoms with Crippen LogP contribution in [0.5, 0.6) is 0 Å². The highest BCUT2D eigenvalue weighted by Crippen LogP contribution is 1.95. The second kappa shape index (κ2) is 15.4. The van der Waals surface area contributed by atoms with Gasteiger partial charge in [-0.05, 0) is 19.8 Å². The molecule has 0 aliphatic rings. The average Bonchev–Trinajstić information content (AvgIpc) is 2.38. The lowest BCUT2D eigenvalue weighted by molar-refractivity contribution is -0.0877. The minimum Gasteiger partial charge on any atom is -0.363 e. The van der Waals surface area contributed by atoms with Gasteiger partial charge >= 0.3 is 0 Å². The summed E-state index contributed by atoms with van der Waals surface area (Å²) in [5.41, 5.74) is 0. The zero-order chi connectivity index (χ0) is 13.5. The number of hydrogen-bond acceptors (Lipinski definition) is 3. The van der Waals surface area contributed by atoms with Crippen LogP contribution in [0.2, 0.25) is 0 Å². The summed E-state index contributed by atoms with van der Waals surface area (Å²) in [4.78, 5) is 2.09. The van der Waals surface area contributed by atoms with Gasteiger partial charge in [0.15, 0.2) is 6.29 Å². The van der Waals surface area contributed by atoms with Crippen LogP contribution < -0.4 is 0 Å². The molecule has 17 heavy (non-hydrogen) atoms. The van der Waals surface area contributed by atoms with E-state index in [-0.39, 0.29) is 6.29 Å². The van der Waals surface area contributed by atoms with Gasteiger partial charge in [-0.2, -0.15) is 0 Å². The highest BCUT2D eigenvalue weighted by Gasteiger charge is 1.96. The Bertz CT molecular complexity index is 142. The molecule has 0 bridgehead atoms. The first-order chi connectivity index (χ1) is 8.15. The van der Waals surface area contributed by atoms with Gasteiger partial charge in [-0.25, -0.2) is 0 Å². The van der Waals surface area contributed by atoms with Gasteiger partial charge < -0.3 is 14.4 Å². The summed E-state index contributed by atoms with van der Waals surface area (Å²) >= 11 is 0. The Balaban J connectivity index is 0. The van der Waals surface area contributed by atoms with Crippen molar-refractivity contribution >= 4 is 6.34 Å². The molecule has 0 spiro atoms. The van der Waals surface area contributed by atoms with Crippen molar-refractivity contribution in [2.45, 2.75) is 52.7 Å². The molecule has 1 N–H and O–H groups in total. The van der Waals surface area contributed by atoms with Crippen LogP contribution in [0.15, 0.2) is 0 Å². The van der Waals surface area contributed by atoms with Gasteiger partial charge in [-0.15, -0.1) is 0 Å². The fourth-order valence-electron chi connectivity index (χ4n) is 1.06. The molecule has 0 heterocycles. The first kappa shape index (κ1) is 18.7. The van der Waals surface area contributed by atoms with E-state index in [0.29, 0.717) is 0 Å². The van der Waals surface area contributed by atoms with Crippen molar-refractivity contribution in [3.05, 3.63) is 0 Å². The molecule has 0 amide bonds. The first-order valence-corrected chi connectivity index (χ1v) is 6.46. The smallest absolute Gasteiger partial charge is 0.154 e. The molecule has 0 saturated carbocycles. The average molecular weight is 246 g/mol. The van der Waals surface area contributed by atoms with Crippen LogP contribution in [0.3, 0.4) is 0 Å². The van der Waals surface area contributed by atoms with Gasteiger partial charge in [0, 0.05) is 27.3 Å². The molecule has 0 aromatic heterocycles. The summed E-state index contributed by atoms with van der Waals surface area (Å²) in [6, 6.07) is 0. The first-order valence-electron chi connectivity index (χ1n) is 6.46. The fraction of sp³-hybridized carbons (Fsp3) is 0.923. The summed E-state index contributed by atoms with van der Waals surface area (Å²) in [5, 5.41) is 7.12. The quantitative estimate of drug-likeness (QED) is 0.386. The van der Waals surface area contributed by atoms with E-state index in [2.05, 4.69) is 28.2 Å². The molecule has 4 nitrogen and oxygen atoms in total. The lowest BCUT2D eigenvalue weighted by Crippen LogP contribution is -2.23. The molecule has 0 unspecified atom stereocenters. The van der Waals surface area contributed by atoms with E-state index in [4.69, 9.17) is 5.41 Å². The van der Waals surface area contributed by atoms with Gasteiger partial charge in [0.2, 0.25) is 0 Å². The van der Waals surface area contributed by atoms with Crippen LogP contribution in [0.25, 0.3) is 0 Å². The second-order valence-corrected chi connectivity index (χ2v) is 3.91. The largest absolute Gasteiger partial charge is 0.363 e. The Kier molecular flexibility index (Phi) is 17.0. The summed E-state index contributed by atoms with van der Waals surface area (Å²) < 4.78 is 9.35. The van der Waals surface area contributed by atoms with Crippen molar-refractivity contribution in [2.75, 3.05) is 27.3 Å². The topological polar surface area (TPSA) is 45.6 Å². The van der Waals surface area contributed by atoms with E-state index in [1.54, 1.807) is 14.2 Å². The van der Waals surface area contributed by atoms with Gasteiger partial charge in [0.25, 0.3) is 0 Å². The van der Waals surface area contributed by atoms with Gasteiger partial charge in [-0.1, -0.05) is 26.7 Å². The number of methoxy groups -OCH3 is 2. The molecule has 0 rings (SSSR count). The number of nitrogens with one attached hydrogen (secondary N) is 1. The molecular weight excluding hydrogens is 216 g/mol. The summed E-state index contributed by atoms with van der Waals surface area (Å²) in [6.07, 6.45) is 6.25. The van der Waals surface area contributed by atoms with Crippen LogP contribution in [-0.2, 0) is 9.47 Å². The van der Waals surface area contributed by atoms with Crippen LogP contribution in [0, 0.1) is 5.41 Å². The van der Waals surface area contributed by atoms with Crippen LogP contribution in [0.1, 0.15) is 46.5 Å². The third-order valence-electron chi connectivity index (χ3n) is 2.44. The van der Waals surface area contributed by atoms with E-state index in [1.807, 2.05) is 6.92 Å². The predicted octanol–water partition coefficient (Wildman–Crippen LogP) is 3.12. The maximum absolute atomic E-state index is 7.12. The van der Waals surface area contributed by atoms with E-state index < -0.39 is 0 Å². The number of rotatable bonds is 9. The SMILES string of the molecule is CCCCN(C=N)CCCC.COC(C)OC. The number of unbranched alkanes of at least 4 members (excludes halogenated alkanes) is 2. The lowest BCUT2D eigenvalue weighted by atomic mass is 10.3. The Morgan fingerprint density at radius 2 is 1.47 bits per heavy atom. The van der Waals surface area contributed by atoms with E-state index >= 15 is 0 Å². The number of hydrogen-bond donors (Lipinski definition) is 1. The predicted molar refractivity (Wildman–Crippen MR) is 73.7 cm³/mol. The van der Waals surface area contributed by atoms with Crippen molar-refractivity contribution < 1.29 is 9.47 Å². The minimum atomic E-state index is -0.0648. The summed E-state index contributed by atoms with van der Waals surface area (Å²) in [7, 11) is 3.21. The lowest BCUT2D eigenvalue weighted by Gasteiger charge is -2.17. The Morgan fingerprint density at radius 3 is 1.65 bits per heavy atom. The molecule has 0 fully saturated rings. The molecule has 0 radical (unpaired) electrons. The molecule has 4 heteroatoms. The van der Waals surface area contributed by atoms with Crippen LogP contribution in [-0.4, -0.2) is 44.8 Å². The van der Waals surface area contributed by atoms with E-state index in [0.717, 1.165) is 13.1 Å². The molecule has 0 aliphatic heterocycles. The van der Waals surface area contributed by atoms with Gasteiger partial charge in [0.05, 0.1) is 6.34 Å².